The summed E-state index contributed by atoms with van der Waals surface area (Å²) in [5.74, 6) is -0.799. The van der Waals surface area contributed by atoms with Crippen molar-refractivity contribution in [3.05, 3.63) is 0 Å². The molecular formula is C10H17N4O3+. The Hall–Kier alpha value is -2.10. The second kappa shape index (κ2) is 7.22. The fourth-order valence-electron chi connectivity index (χ4n) is 0.953. The molecule has 0 spiro atoms. The maximum Gasteiger partial charge on any atom is 0.471 e. The van der Waals surface area contributed by atoms with Gasteiger partial charge in [0.1, 0.15) is 6.07 Å². The third-order valence-corrected chi connectivity index (χ3v) is 1.56. The second-order valence-corrected chi connectivity index (χ2v) is 3.43. The highest BCUT2D eigenvalue weighted by Crippen LogP contribution is 1.91. The van der Waals surface area contributed by atoms with E-state index in [1.165, 1.54) is 0 Å². The molecule has 0 aliphatic heterocycles. The van der Waals surface area contributed by atoms with E-state index >= 15 is 0 Å². The third-order valence-electron chi connectivity index (χ3n) is 1.56. The number of ether oxygens (including phenoxy) is 1. The van der Waals surface area contributed by atoms with Crippen LogP contribution < -0.4 is 0 Å². The third kappa shape index (κ3) is 4.97. The van der Waals surface area contributed by atoms with Crippen molar-refractivity contribution in [2.45, 2.75) is 6.92 Å². The van der Waals surface area contributed by atoms with Crippen LogP contribution in [-0.4, -0.2) is 62.0 Å². The van der Waals surface area contributed by atoms with Gasteiger partial charge in [-0.2, -0.15) is 5.26 Å². The number of amidine groups is 1. The summed E-state index contributed by atoms with van der Waals surface area (Å²) >= 11 is 0. The molecule has 0 aliphatic rings. The Morgan fingerprint density at radius 2 is 2.06 bits per heavy atom. The van der Waals surface area contributed by atoms with Crippen LogP contribution in [0.3, 0.4) is 0 Å². The van der Waals surface area contributed by atoms with Crippen molar-refractivity contribution in [2.24, 2.45) is 5.16 Å². The number of oxime groups is 1. The molecule has 0 amide bonds. The zero-order valence-electron chi connectivity index (χ0n) is 10.7. The molecule has 0 heterocycles. The van der Waals surface area contributed by atoms with Crippen LogP contribution >= 0.6 is 0 Å². The van der Waals surface area contributed by atoms with Crippen LogP contribution in [0.2, 0.25) is 0 Å². The van der Waals surface area contributed by atoms with Crippen molar-refractivity contribution in [1.29, 1.82) is 5.26 Å². The van der Waals surface area contributed by atoms with E-state index in [1.807, 2.05) is 0 Å². The lowest BCUT2D eigenvalue weighted by atomic mass is 10.4. The highest BCUT2D eigenvalue weighted by Gasteiger charge is 2.17. The van der Waals surface area contributed by atoms with Gasteiger partial charge in [-0.05, 0) is 6.92 Å². The summed E-state index contributed by atoms with van der Waals surface area (Å²) in [6.07, 6.45) is 0. The van der Waals surface area contributed by atoms with Gasteiger partial charge in [0.25, 0.3) is 5.71 Å². The number of nitrogens with zero attached hydrogens (tertiary/aromatic N) is 4. The van der Waals surface area contributed by atoms with Crippen LogP contribution in [0.15, 0.2) is 5.16 Å². The van der Waals surface area contributed by atoms with E-state index in [9.17, 15) is 4.79 Å². The first kappa shape index (κ1) is 14.9. The SMILES string of the molecule is CCOC(=O)/C(C#N)=N\OC(N(C)C)=[N+](C)C. The second-order valence-electron chi connectivity index (χ2n) is 3.43. The maximum atomic E-state index is 11.2. The van der Waals surface area contributed by atoms with Crippen molar-refractivity contribution >= 4 is 17.7 Å². The number of carbonyl (C=O) groups is 1. The maximum absolute atomic E-state index is 11.2. The van der Waals surface area contributed by atoms with Crippen molar-refractivity contribution < 1.29 is 18.9 Å². The topological polar surface area (TPSA) is 77.9 Å². The van der Waals surface area contributed by atoms with Gasteiger partial charge in [0.15, 0.2) is 0 Å². The summed E-state index contributed by atoms with van der Waals surface area (Å²) in [5, 5.41) is 12.2. The number of rotatable bonds is 3. The predicted molar refractivity (Wildman–Crippen MR) is 61.6 cm³/mol. The molecule has 0 radical (unpaired) electrons. The fraction of sp³-hybridized carbons (Fsp3) is 0.600. The number of nitriles is 1. The Kier molecular flexibility index (Phi) is 6.33. The number of esters is 1. The fourth-order valence-corrected chi connectivity index (χ4v) is 0.953. The van der Waals surface area contributed by atoms with Crippen LogP contribution in [0.25, 0.3) is 0 Å². The Morgan fingerprint density at radius 3 is 2.41 bits per heavy atom. The molecule has 0 saturated heterocycles. The van der Waals surface area contributed by atoms with E-state index in [-0.39, 0.29) is 6.61 Å². The molecule has 7 nitrogen and oxygen atoms in total. The highest BCUT2D eigenvalue weighted by molar-refractivity contribution is 6.42. The molecule has 0 saturated carbocycles. The minimum Gasteiger partial charge on any atom is -0.461 e. The Bertz CT molecular complexity index is 376. The minimum atomic E-state index is -0.799. The van der Waals surface area contributed by atoms with Crippen molar-refractivity contribution in [2.75, 3.05) is 34.8 Å². The average molecular weight is 241 g/mol. The molecule has 0 aromatic rings. The van der Waals surface area contributed by atoms with Crippen molar-refractivity contribution in [3.8, 4) is 6.07 Å². The summed E-state index contributed by atoms with van der Waals surface area (Å²) in [5.41, 5.74) is -0.423. The number of carbonyl (C=O) groups excluding carboxylic acids is 1. The summed E-state index contributed by atoms with van der Waals surface area (Å²) in [6.45, 7) is 1.82. The molecule has 0 rings (SSSR count). The van der Waals surface area contributed by atoms with Gasteiger partial charge in [-0.25, -0.2) is 14.3 Å². The van der Waals surface area contributed by atoms with Gasteiger partial charge < -0.3 is 4.74 Å². The van der Waals surface area contributed by atoms with Crippen LogP contribution in [-0.2, 0) is 14.4 Å². The molecule has 0 aromatic heterocycles. The van der Waals surface area contributed by atoms with Gasteiger partial charge in [0, 0.05) is 0 Å². The zero-order chi connectivity index (χ0) is 13.4. The lowest BCUT2D eigenvalue weighted by molar-refractivity contribution is -0.480. The smallest absolute Gasteiger partial charge is 0.461 e. The van der Waals surface area contributed by atoms with Gasteiger partial charge in [-0.1, -0.05) is 5.16 Å². The van der Waals surface area contributed by atoms with E-state index < -0.39 is 11.7 Å². The number of hydrogen-bond donors (Lipinski definition) is 0. The van der Waals surface area contributed by atoms with Crippen LogP contribution in [0.4, 0.5) is 0 Å². The lowest BCUT2D eigenvalue weighted by Crippen LogP contribution is -2.31. The lowest BCUT2D eigenvalue weighted by Gasteiger charge is -2.07. The van der Waals surface area contributed by atoms with Gasteiger partial charge in [-0.3, -0.25) is 4.84 Å². The summed E-state index contributed by atoms with van der Waals surface area (Å²) in [7, 11) is 7.01. The minimum absolute atomic E-state index is 0.178. The quantitative estimate of drug-likeness (QED) is 0.221. The molecule has 7 heteroatoms. The first-order valence-corrected chi connectivity index (χ1v) is 4.97. The summed E-state index contributed by atoms with van der Waals surface area (Å²) in [6, 6.07) is 2.01. The van der Waals surface area contributed by atoms with E-state index in [2.05, 4.69) is 9.89 Å². The van der Waals surface area contributed by atoms with Crippen LogP contribution in [0, 0.1) is 11.3 Å². The van der Waals surface area contributed by atoms with E-state index in [0.717, 1.165) is 0 Å². The Balaban J connectivity index is 4.85. The predicted octanol–water partition coefficient (Wildman–Crippen LogP) is -0.365. The average Bonchev–Trinajstić information content (AvgIpc) is 2.23. The van der Waals surface area contributed by atoms with Gasteiger partial charge >= 0.3 is 12.0 Å². The van der Waals surface area contributed by atoms with Crippen molar-refractivity contribution in [1.82, 2.24) is 4.90 Å². The van der Waals surface area contributed by atoms with E-state index in [4.69, 9.17) is 10.1 Å². The van der Waals surface area contributed by atoms with E-state index in [1.54, 1.807) is 50.7 Å². The molecular weight excluding hydrogens is 224 g/mol. The summed E-state index contributed by atoms with van der Waals surface area (Å²) in [4.78, 5) is 17.9. The molecule has 0 aromatic carbocycles. The highest BCUT2D eigenvalue weighted by atomic mass is 16.7. The van der Waals surface area contributed by atoms with Gasteiger partial charge in [0.05, 0.1) is 34.8 Å². The normalized spacial score (nSPS) is 10.2. The summed E-state index contributed by atoms with van der Waals surface area (Å²) < 4.78 is 6.30. The molecule has 0 aliphatic carbocycles. The molecule has 0 N–H and O–H groups in total. The molecule has 94 valence electrons. The molecule has 0 atom stereocenters. The van der Waals surface area contributed by atoms with Crippen molar-refractivity contribution in [3.63, 3.8) is 0 Å². The first-order chi connectivity index (χ1) is 7.93. The van der Waals surface area contributed by atoms with Gasteiger partial charge in [-0.15, -0.1) is 0 Å². The van der Waals surface area contributed by atoms with Crippen LogP contribution in [0.5, 0.6) is 0 Å². The monoisotopic (exact) mass is 241 g/mol. The van der Waals surface area contributed by atoms with Crippen LogP contribution in [0.1, 0.15) is 6.92 Å². The largest absolute Gasteiger partial charge is 0.471 e. The molecule has 0 bridgehead atoms. The standard InChI is InChI=1S/C10H17N4O3/c1-6-16-9(15)8(7-11)12-17-10(13(2)3)14(4)5/h6H2,1-5H3/q+1/b12-8-. The first-order valence-electron chi connectivity index (χ1n) is 4.97. The molecule has 0 unspecified atom stereocenters. The zero-order valence-corrected chi connectivity index (χ0v) is 10.7. The van der Waals surface area contributed by atoms with Gasteiger partial charge in [0.2, 0.25) is 0 Å². The Labute approximate surface area is 101 Å². The molecule has 17 heavy (non-hydrogen) atoms. The Morgan fingerprint density at radius 1 is 1.47 bits per heavy atom. The number of hydrogen-bond acceptors (Lipinski definition) is 5. The molecule has 0 fully saturated rings. The van der Waals surface area contributed by atoms with E-state index in [0.29, 0.717) is 6.02 Å².